The Kier molecular flexibility index (Phi) is 8.29. The van der Waals surface area contributed by atoms with Crippen LogP contribution in [0.4, 0.5) is 0 Å². The molecule has 2 aliphatic rings. The van der Waals surface area contributed by atoms with E-state index in [1.54, 1.807) is 30.5 Å². The third-order valence-electron chi connectivity index (χ3n) is 6.50. The maximum Gasteiger partial charge on any atom is 0.345 e. The molecule has 7 nitrogen and oxygen atoms in total. The van der Waals surface area contributed by atoms with Gasteiger partial charge in [-0.05, 0) is 55.0 Å². The van der Waals surface area contributed by atoms with Crippen LogP contribution in [-0.2, 0) is 9.53 Å². The van der Waals surface area contributed by atoms with Crippen LogP contribution in [0.15, 0.2) is 47.7 Å². The van der Waals surface area contributed by atoms with Crippen LogP contribution in [0.3, 0.4) is 0 Å². The Morgan fingerprint density at radius 1 is 1.18 bits per heavy atom. The summed E-state index contributed by atoms with van der Waals surface area (Å²) in [5, 5.41) is 3.60. The lowest BCUT2D eigenvalue weighted by atomic mass is 9.86. The van der Waals surface area contributed by atoms with Crippen molar-refractivity contribution in [3.8, 4) is 5.75 Å². The largest absolute Gasteiger partial charge is 0.465 e. The quantitative estimate of drug-likeness (QED) is 0.433. The summed E-state index contributed by atoms with van der Waals surface area (Å²) in [5.41, 5.74) is 1.97. The Morgan fingerprint density at radius 3 is 2.71 bits per heavy atom. The maximum absolute atomic E-state index is 13.2. The lowest BCUT2D eigenvalue weighted by molar-refractivity contribution is -0.149. The molecule has 4 rings (SSSR count). The Balaban J connectivity index is 1.49. The standard InChI is InChI=1S/C26H30ClN3O4/c1-2-21-23(26(32)33-15-17-7-4-3-5-8-17)24(30-16-29-21)18-10-11-22(20(27)13-18)34-25(31)19-9-6-12-28-14-19/h6,9-14,17,23-24,30H,2-5,7-8,15-16H2,1H3. The molecule has 1 aromatic carbocycles. The van der Waals surface area contributed by atoms with Gasteiger partial charge in [-0.2, -0.15) is 0 Å². The molecule has 0 bridgehead atoms. The van der Waals surface area contributed by atoms with Crippen LogP contribution in [-0.4, -0.2) is 35.9 Å². The normalized spacial score (nSPS) is 20.9. The van der Waals surface area contributed by atoms with E-state index in [2.05, 4.69) is 15.3 Å². The molecular weight excluding hydrogens is 454 g/mol. The van der Waals surface area contributed by atoms with Gasteiger partial charge in [-0.1, -0.05) is 43.9 Å². The minimum atomic E-state index is -0.539. The van der Waals surface area contributed by atoms with Gasteiger partial charge in [-0.15, -0.1) is 0 Å². The molecule has 0 amide bonds. The Bertz CT molecular complexity index is 1040. The molecule has 1 fully saturated rings. The first-order valence-corrected chi connectivity index (χ1v) is 12.3. The van der Waals surface area contributed by atoms with Crippen LogP contribution in [0.1, 0.15) is 67.4 Å². The van der Waals surface area contributed by atoms with Crippen molar-refractivity contribution < 1.29 is 19.1 Å². The third kappa shape index (κ3) is 5.83. The highest BCUT2D eigenvalue weighted by Crippen LogP contribution is 2.34. The van der Waals surface area contributed by atoms with Gasteiger partial charge in [0.2, 0.25) is 0 Å². The number of esters is 2. The van der Waals surface area contributed by atoms with E-state index >= 15 is 0 Å². The number of nitrogens with one attached hydrogen (secondary N) is 1. The average Bonchev–Trinajstić information content (AvgIpc) is 2.89. The van der Waals surface area contributed by atoms with Crippen LogP contribution >= 0.6 is 11.6 Å². The topological polar surface area (TPSA) is 89.9 Å². The van der Waals surface area contributed by atoms with E-state index in [0.29, 0.717) is 31.2 Å². The molecule has 8 heteroatoms. The van der Waals surface area contributed by atoms with Gasteiger partial charge in [0.25, 0.3) is 0 Å². The molecule has 0 saturated heterocycles. The SMILES string of the molecule is CCC1=NCNC(c2ccc(OC(=O)c3cccnc3)c(Cl)c2)C1C(=O)OCC1CCCCC1. The summed E-state index contributed by atoms with van der Waals surface area (Å²) in [6.07, 6.45) is 9.58. The summed E-state index contributed by atoms with van der Waals surface area (Å²) >= 11 is 6.47. The van der Waals surface area contributed by atoms with Gasteiger partial charge < -0.3 is 9.47 Å². The highest BCUT2D eigenvalue weighted by atomic mass is 35.5. The van der Waals surface area contributed by atoms with E-state index in [4.69, 9.17) is 21.1 Å². The van der Waals surface area contributed by atoms with Gasteiger partial charge in [0.05, 0.1) is 29.9 Å². The van der Waals surface area contributed by atoms with Gasteiger partial charge in [-0.3, -0.25) is 20.1 Å². The number of hydrogen-bond donors (Lipinski definition) is 1. The molecule has 1 N–H and O–H groups in total. The highest BCUT2D eigenvalue weighted by molar-refractivity contribution is 6.32. The minimum absolute atomic E-state index is 0.246. The smallest absolute Gasteiger partial charge is 0.345 e. The van der Waals surface area contributed by atoms with Crippen molar-refractivity contribution in [1.29, 1.82) is 0 Å². The zero-order chi connectivity index (χ0) is 23.9. The van der Waals surface area contributed by atoms with Gasteiger partial charge in [-0.25, -0.2) is 4.79 Å². The van der Waals surface area contributed by atoms with Crippen molar-refractivity contribution in [3.05, 3.63) is 58.9 Å². The van der Waals surface area contributed by atoms with Gasteiger partial charge in [0, 0.05) is 18.1 Å². The molecule has 0 radical (unpaired) electrons. The van der Waals surface area contributed by atoms with Crippen molar-refractivity contribution in [3.63, 3.8) is 0 Å². The second-order valence-corrected chi connectivity index (χ2v) is 9.18. The van der Waals surface area contributed by atoms with Crippen molar-refractivity contribution in [1.82, 2.24) is 10.3 Å². The van der Waals surface area contributed by atoms with E-state index in [1.807, 2.05) is 13.0 Å². The summed E-state index contributed by atoms with van der Waals surface area (Å²) in [4.78, 5) is 34.0. The first-order chi connectivity index (χ1) is 16.6. The Hall–Kier alpha value is -2.77. The van der Waals surface area contributed by atoms with Crippen molar-refractivity contribution in [2.75, 3.05) is 13.3 Å². The maximum atomic E-state index is 13.2. The molecule has 180 valence electrons. The second-order valence-electron chi connectivity index (χ2n) is 8.78. The monoisotopic (exact) mass is 483 g/mol. The highest BCUT2D eigenvalue weighted by Gasteiger charge is 2.37. The van der Waals surface area contributed by atoms with E-state index in [-0.39, 0.29) is 22.8 Å². The summed E-state index contributed by atoms with van der Waals surface area (Å²) in [7, 11) is 0. The molecular formula is C26H30ClN3O4. The molecule has 2 heterocycles. The van der Waals surface area contributed by atoms with Crippen molar-refractivity contribution >= 4 is 29.3 Å². The molecule has 0 spiro atoms. The molecule has 34 heavy (non-hydrogen) atoms. The van der Waals surface area contributed by atoms with E-state index < -0.39 is 11.9 Å². The van der Waals surface area contributed by atoms with E-state index in [9.17, 15) is 9.59 Å². The zero-order valence-corrected chi connectivity index (χ0v) is 20.1. The lowest BCUT2D eigenvalue weighted by Crippen LogP contribution is -2.43. The molecule has 2 atom stereocenters. The number of nitrogens with zero attached hydrogens (tertiary/aromatic N) is 2. The fraction of sp³-hybridized carbons (Fsp3) is 0.462. The first kappa shape index (κ1) is 24.4. The van der Waals surface area contributed by atoms with Crippen molar-refractivity contribution in [2.24, 2.45) is 16.8 Å². The number of ether oxygens (including phenoxy) is 2. The number of aliphatic imine (C=N–C) groups is 1. The van der Waals surface area contributed by atoms with Crippen LogP contribution in [0, 0.1) is 11.8 Å². The predicted octanol–water partition coefficient (Wildman–Crippen LogP) is 5.15. The Labute approximate surface area is 204 Å². The van der Waals surface area contributed by atoms with E-state index in [0.717, 1.165) is 24.1 Å². The number of benzene rings is 1. The first-order valence-electron chi connectivity index (χ1n) is 11.9. The number of halogens is 1. The van der Waals surface area contributed by atoms with Crippen LogP contribution in [0.5, 0.6) is 5.75 Å². The van der Waals surface area contributed by atoms with Gasteiger partial charge in [0.15, 0.2) is 0 Å². The molecule has 1 saturated carbocycles. The number of rotatable bonds is 7. The third-order valence-corrected chi connectivity index (χ3v) is 6.80. The number of pyridine rings is 1. The molecule has 2 unspecified atom stereocenters. The summed E-state index contributed by atoms with van der Waals surface area (Å²) < 4.78 is 11.2. The fourth-order valence-electron chi connectivity index (χ4n) is 4.65. The number of carbonyl (C=O) groups is 2. The van der Waals surface area contributed by atoms with Gasteiger partial charge in [0.1, 0.15) is 11.7 Å². The van der Waals surface area contributed by atoms with Crippen molar-refractivity contribution in [2.45, 2.75) is 51.5 Å². The fourth-order valence-corrected chi connectivity index (χ4v) is 4.87. The minimum Gasteiger partial charge on any atom is -0.465 e. The molecule has 2 aromatic rings. The average molecular weight is 484 g/mol. The number of hydrogen-bond acceptors (Lipinski definition) is 7. The molecule has 1 aromatic heterocycles. The van der Waals surface area contributed by atoms with Crippen LogP contribution < -0.4 is 10.1 Å². The predicted molar refractivity (Wildman–Crippen MR) is 130 cm³/mol. The summed E-state index contributed by atoms with van der Waals surface area (Å²) in [6.45, 7) is 2.87. The lowest BCUT2D eigenvalue weighted by Gasteiger charge is -2.32. The zero-order valence-electron chi connectivity index (χ0n) is 19.3. The van der Waals surface area contributed by atoms with E-state index in [1.165, 1.54) is 25.5 Å². The summed E-state index contributed by atoms with van der Waals surface area (Å²) in [6, 6.07) is 8.15. The van der Waals surface area contributed by atoms with Crippen LogP contribution in [0.25, 0.3) is 0 Å². The summed E-state index contributed by atoms with van der Waals surface area (Å²) in [5.74, 6) is -0.634. The Morgan fingerprint density at radius 2 is 2.00 bits per heavy atom. The second kappa shape index (κ2) is 11.6. The van der Waals surface area contributed by atoms with Gasteiger partial charge >= 0.3 is 11.9 Å². The number of aromatic nitrogens is 1. The molecule has 1 aliphatic carbocycles. The van der Waals surface area contributed by atoms with Crippen LogP contribution in [0.2, 0.25) is 5.02 Å². The molecule has 1 aliphatic heterocycles. The number of carbonyl (C=O) groups excluding carboxylic acids is 2.